The number of carbonyl (C=O) groups excluding carboxylic acids is 2. The van der Waals surface area contributed by atoms with E-state index >= 15 is 0 Å². The van der Waals surface area contributed by atoms with Crippen LogP contribution in [0.4, 0.5) is 0 Å². The SMILES string of the molecule is CCOC(=O)[C@H](Cc1ccc(O)c(O)c1)NC(=O)C=Cc1ccc(Cl)cc1. The molecule has 2 rings (SSSR count). The molecule has 6 nitrogen and oxygen atoms in total. The number of amides is 1. The van der Waals surface area contributed by atoms with Crippen molar-refractivity contribution in [2.75, 3.05) is 6.61 Å². The largest absolute Gasteiger partial charge is 0.504 e. The molecule has 1 amide bonds. The molecule has 0 aliphatic carbocycles. The van der Waals surface area contributed by atoms with Gasteiger partial charge in [0.2, 0.25) is 5.91 Å². The average Bonchev–Trinajstić information content (AvgIpc) is 2.64. The van der Waals surface area contributed by atoms with E-state index in [2.05, 4.69) is 5.32 Å². The lowest BCUT2D eigenvalue weighted by atomic mass is 10.0. The van der Waals surface area contributed by atoms with Gasteiger partial charge < -0.3 is 20.3 Å². The molecule has 0 saturated carbocycles. The van der Waals surface area contributed by atoms with E-state index in [9.17, 15) is 19.8 Å². The van der Waals surface area contributed by atoms with Gasteiger partial charge in [-0.05, 0) is 48.4 Å². The summed E-state index contributed by atoms with van der Waals surface area (Å²) in [5.41, 5.74) is 1.34. The summed E-state index contributed by atoms with van der Waals surface area (Å²) in [6.45, 7) is 1.84. The molecule has 3 N–H and O–H groups in total. The Balaban J connectivity index is 2.08. The van der Waals surface area contributed by atoms with Crippen LogP contribution in [0.3, 0.4) is 0 Å². The smallest absolute Gasteiger partial charge is 0.328 e. The molecular formula is C20H20ClNO5. The maximum Gasteiger partial charge on any atom is 0.328 e. The van der Waals surface area contributed by atoms with Crippen molar-refractivity contribution in [1.82, 2.24) is 5.32 Å². The summed E-state index contributed by atoms with van der Waals surface area (Å²) < 4.78 is 5.00. The molecule has 0 aliphatic heterocycles. The first-order chi connectivity index (χ1) is 12.9. The molecule has 0 aliphatic rings. The van der Waals surface area contributed by atoms with Gasteiger partial charge in [-0.15, -0.1) is 0 Å². The fraction of sp³-hybridized carbons (Fsp3) is 0.200. The highest BCUT2D eigenvalue weighted by Gasteiger charge is 2.22. The van der Waals surface area contributed by atoms with Crippen LogP contribution in [-0.2, 0) is 20.7 Å². The van der Waals surface area contributed by atoms with Crippen LogP contribution in [0.2, 0.25) is 5.02 Å². The number of halogens is 1. The number of esters is 1. The summed E-state index contributed by atoms with van der Waals surface area (Å²) in [4.78, 5) is 24.4. The molecule has 0 spiro atoms. The zero-order chi connectivity index (χ0) is 19.8. The van der Waals surface area contributed by atoms with Gasteiger partial charge in [-0.1, -0.05) is 29.8 Å². The van der Waals surface area contributed by atoms with Gasteiger partial charge in [0.25, 0.3) is 0 Å². The number of phenolic OH excluding ortho intramolecular Hbond substituents is 2. The zero-order valence-electron chi connectivity index (χ0n) is 14.7. The Bertz CT molecular complexity index is 833. The van der Waals surface area contributed by atoms with Crippen molar-refractivity contribution in [3.8, 4) is 11.5 Å². The monoisotopic (exact) mass is 389 g/mol. The van der Waals surface area contributed by atoms with Crippen molar-refractivity contribution < 1.29 is 24.5 Å². The van der Waals surface area contributed by atoms with Gasteiger partial charge in [-0.2, -0.15) is 0 Å². The van der Waals surface area contributed by atoms with Crippen LogP contribution in [0.15, 0.2) is 48.5 Å². The third-order valence-electron chi connectivity index (χ3n) is 3.66. The Morgan fingerprint density at radius 1 is 1.15 bits per heavy atom. The summed E-state index contributed by atoms with van der Waals surface area (Å²) in [6, 6.07) is 10.2. The predicted molar refractivity (Wildman–Crippen MR) is 103 cm³/mol. The third-order valence-corrected chi connectivity index (χ3v) is 3.92. The Morgan fingerprint density at radius 2 is 1.85 bits per heavy atom. The van der Waals surface area contributed by atoms with Gasteiger partial charge in [-0.25, -0.2) is 4.79 Å². The number of ether oxygens (including phenoxy) is 1. The molecule has 0 unspecified atom stereocenters. The van der Waals surface area contributed by atoms with Gasteiger partial charge in [0.1, 0.15) is 6.04 Å². The van der Waals surface area contributed by atoms with E-state index in [0.29, 0.717) is 10.6 Å². The topological polar surface area (TPSA) is 95.9 Å². The first-order valence-corrected chi connectivity index (χ1v) is 8.68. The second-order valence-corrected chi connectivity index (χ2v) is 6.16. The van der Waals surface area contributed by atoms with Crippen LogP contribution in [0.1, 0.15) is 18.1 Å². The number of phenols is 2. The van der Waals surface area contributed by atoms with Crippen molar-refractivity contribution in [1.29, 1.82) is 0 Å². The Morgan fingerprint density at radius 3 is 2.48 bits per heavy atom. The molecule has 0 aromatic heterocycles. The van der Waals surface area contributed by atoms with E-state index in [1.54, 1.807) is 43.3 Å². The van der Waals surface area contributed by atoms with Crippen molar-refractivity contribution in [2.24, 2.45) is 0 Å². The Labute approximate surface area is 162 Å². The molecule has 2 aromatic rings. The second kappa shape index (κ2) is 9.64. The lowest BCUT2D eigenvalue weighted by Gasteiger charge is -2.16. The molecule has 2 aromatic carbocycles. The van der Waals surface area contributed by atoms with Gasteiger partial charge in [0.05, 0.1) is 6.61 Å². The molecular weight excluding hydrogens is 370 g/mol. The Kier molecular flexibility index (Phi) is 7.25. The van der Waals surface area contributed by atoms with Crippen molar-refractivity contribution in [3.05, 3.63) is 64.7 Å². The van der Waals surface area contributed by atoms with Crippen molar-refractivity contribution in [3.63, 3.8) is 0 Å². The molecule has 7 heteroatoms. The quantitative estimate of drug-likeness (QED) is 0.384. The number of hydrogen-bond acceptors (Lipinski definition) is 5. The summed E-state index contributed by atoms with van der Waals surface area (Å²) in [7, 11) is 0. The molecule has 27 heavy (non-hydrogen) atoms. The summed E-state index contributed by atoms with van der Waals surface area (Å²) in [5.74, 6) is -1.62. The van der Waals surface area contributed by atoms with E-state index in [0.717, 1.165) is 5.56 Å². The van der Waals surface area contributed by atoms with Gasteiger partial charge in [-0.3, -0.25) is 4.79 Å². The number of nitrogens with one attached hydrogen (secondary N) is 1. The lowest BCUT2D eigenvalue weighted by molar-refractivity contribution is -0.146. The molecule has 0 bridgehead atoms. The summed E-state index contributed by atoms with van der Waals surface area (Å²) in [6.07, 6.45) is 3.01. The summed E-state index contributed by atoms with van der Waals surface area (Å²) >= 11 is 5.82. The predicted octanol–water partition coefficient (Wildman–Crippen LogP) is 3.06. The van der Waals surface area contributed by atoms with Crippen molar-refractivity contribution in [2.45, 2.75) is 19.4 Å². The van der Waals surface area contributed by atoms with Crippen LogP contribution in [0, 0.1) is 0 Å². The number of carbonyl (C=O) groups is 2. The van der Waals surface area contributed by atoms with E-state index in [4.69, 9.17) is 16.3 Å². The number of benzene rings is 2. The first-order valence-electron chi connectivity index (χ1n) is 8.30. The molecule has 0 radical (unpaired) electrons. The van der Waals surface area contributed by atoms with E-state index in [1.165, 1.54) is 18.2 Å². The highest BCUT2D eigenvalue weighted by Crippen LogP contribution is 2.25. The van der Waals surface area contributed by atoms with Gasteiger partial charge in [0, 0.05) is 17.5 Å². The molecule has 0 fully saturated rings. The molecule has 0 heterocycles. The van der Waals surface area contributed by atoms with Crippen LogP contribution in [0.25, 0.3) is 6.08 Å². The van der Waals surface area contributed by atoms with E-state index < -0.39 is 17.9 Å². The van der Waals surface area contributed by atoms with Crippen LogP contribution >= 0.6 is 11.6 Å². The van der Waals surface area contributed by atoms with E-state index in [-0.39, 0.29) is 24.5 Å². The second-order valence-electron chi connectivity index (χ2n) is 5.73. The van der Waals surface area contributed by atoms with Crippen LogP contribution < -0.4 is 5.32 Å². The Hall–Kier alpha value is -2.99. The minimum atomic E-state index is -0.934. The molecule has 1 atom stereocenters. The highest BCUT2D eigenvalue weighted by atomic mass is 35.5. The minimum Gasteiger partial charge on any atom is -0.504 e. The lowest BCUT2D eigenvalue weighted by Crippen LogP contribution is -2.42. The van der Waals surface area contributed by atoms with Gasteiger partial charge >= 0.3 is 5.97 Å². The zero-order valence-corrected chi connectivity index (χ0v) is 15.4. The normalized spacial score (nSPS) is 11.9. The average molecular weight is 390 g/mol. The number of hydrogen-bond donors (Lipinski definition) is 3. The minimum absolute atomic E-state index is 0.104. The summed E-state index contributed by atoms with van der Waals surface area (Å²) in [5, 5.41) is 22.2. The fourth-order valence-electron chi connectivity index (χ4n) is 2.33. The highest BCUT2D eigenvalue weighted by molar-refractivity contribution is 6.30. The van der Waals surface area contributed by atoms with Crippen molar-refractivity contribution >= 4 is 29.6 Å². The third kappa shape index (κ3) is 6.34. The number of rotatable bonds is 7. The standard InChI is InChI=1S/C20H20ClNO5/c1-2-27-20(26)16(11-14-5-9-17(23)18(24)12-14)22-19(25)10-6-13-3-7-15(21)8-4-13/h3-10,12,16,23-24H,2,11H2,1H3,(H,22,25)/t16-/m0/s1. The maximum atomic E-state index is 12.2. The number of aromatic hydroxyl groups is 2. The molecule has 0 saturated heterocycles. The van der Waals surface area contributed by atoms with E-state index in [1.807, 2.05) is 0 Å². The first kappa shape index (κ1) is 20.3. The van der Waals surface area contributed by atoms with Gasteiger partial charge in [0.15, 0.2) is 11.5 Å². The molecule has 142 valence electrons. The maximum absolute atomic E-state index is 12.2. The van der Waals surface area contributed by atoms with Crippen LogP contribution in [-0.4, -0.2) is 34.7 Å². The van der Waals surface area contributed by atoms with Crippen LogP contribution in [0.5, 0.6) is 11.5 Å². The fourth-order valence-corrected chi connectivity index (χ4v) is 2.46.